The average Bonchev–Trinajstić information content (AvgIpc) is 2.08. The Kier molecular flexibility index (Phi) is 3.25. The van der Waals surface area contributed by atoms with E-state index in [1.54, 1.807) is 0 Å². The highest BCUT2D eigenvalue weighted by Gasteiger charge is 2.34. The Labute approximate surface area is 76.5 Å². The number of nitrogens with two attached hydrogens (primary N) is 1. The summed E-state index contributed by atoms with van der Waals surface area (Å²) in [6, 6.07) is -0.662. The lowest BCUT2D eigenvalue weighted by atomic mass is 10.0. The van der Waals surface area contributed by atoms with Crippen LogP contribution in [-0.4, -0.2) is 41.0 Å². The van der Waals surface area contributed by atoms with Crippen molar-refractivity contribution in [1.29, 1.82) is 0 Å². The monoisotopic (exact) mass is 186 g/mol. The van der Waals surface area contributed by atoms with Crippen molar-refractivity contribution < 1.29 is 14.7 Å². The van der Waals surface area contributed by atoms with Gasteiger partial charge in [0, 0.05) is 13.0 Å². The molecule has 1 saturated heterocycles. The van der Waals surface area contributed by atoms with Crippen molar-refractivity contribution in [3.8, 4) is 0 Å². The van der Waals surface area contributed by atoms with Crippen molar-refractivity contribution >= 4 is 11.9 Å². The number of nitrogens with zero attached hydrogens (tertiary/aromatic N) is 1. The number of hydrogen-bond donors (Lipinski definition) is 2. The van der Waals surface area contributed by atoms with Gasteiger partial charge in [-0.05, 0) is 19.4 Å². The zero-order valence-electron chi connectivity index (χ0n) is 7.40. The first-order chi connectivity index (χ1) is 6.16. The van der Waals surface area contributed by atoms with E-state index in [1.807, 2.05) is 0 Å². The Balaban J connectivity index is 2.46. The number of carboxylic acid groups (broad SMARTS) is 1. The summed E-state index contributed by atoms with van der Waals surface area (Å²) in [5.74, 6) is -0.995. The quantitative estimate of drug-likeness (QED) is 0.562. The maximum Gasteiger partial charge on any atom is 0.326 e. The third-order valence-electron chi connectivity index (χ3n) is 2.23. The van der Waals surface area contributed by atoms with Crippen LogP contribution >= 0.6 is 0 Å². The first-order valence-corrected chi connectivity index (χ1v) is 4.39. The SMILES string of the molecule is NCCC[C@@H](C(=O)O)N1CCC1=O. The molecule has 1 amide bonds. The van der Waals surface area contributed by atoms with Crippen molar-refractivity contribution in [1.82, 2.24) is 4.90 Å². The summed E-state index contributed by atoms with van der Waals surface area (Å²) in [5, 5.41) is 8.82. The fraction of sp³-hybridized carbons (Fsp3) is 0.750. The number of β-lactam (4-membered cyclic amide) rings is 1. The summed E-state index contributed by atoms with van der Waals surface area (Å²) in [6.07, 6.45) is 1.57. The molecule has 0 aliphatic carbocycles. The zero-order valence-corrected chi connectivity index (χ0v) is 7.40. The molecule has 1 aliphatic rings. The van der Waals surface area contributed by atoms with E-state index in [2.05, 4.69) is 0 Å². The molecule has 5 nitrogen and oxygen atoms in total. The number of aliphatic carboxylic acids is 1. The van der Waals surface area contributed by atoms with Crippen molar-refractivity contribution in [2.24, 2.45) is 5.73 Å². The molecule has 0 bridgehead atoms. The molecule has 0 radical (unpaired) electrons. The molecule has 0 aromatic heterocycles. The summed E-state index contributed by atoms with van der Waals surface area (Å²) in [6.45, 7) is 1.03. The van der Waals surface area contributed by atoms with Gasteiger partial charge in [0.05, 0.1) is 0 Å². The normalized spacial score (nSPS) is 18.2. The summed E-state index contributed by atoms with van der Waals surface area (Å²) >= 11 is 0. The Morgan fingerprint density at radius 1 is 1.69 bits per heavy atom. The average molecular weight is 186 g/mol. The van der Waals surface area contributed by atoms with Crippen LogP contribution in [0.3, 0.4) is 0 Å². The first kappa shape index (κ1) is 9.98. The third kappa shape index (κ3) is 2.18. The van der Waals surface area contributed by atoms with E-state index in [4.69, 9.17) is 10.8 Å². The van der Waals surface area contributed by atoms with Gasteiger partial charge in [-0.25, -0.2) is 4.79 Å². The number of carbonyl (C=O) groups is 2. The molecule has 1 fully saturated rings. The molecule has 1 aliphatic heterocycles. The van der Waals surface area contributed by atoms with Crippen molar-refractivity contribution in [2.45, 2.75) is 25.3 Å². The highest BCUT2D eigenvalue weighted by Crippen LogP contribution is 2.16. The molecular weight excluding hydrogens is 172 g/mol. The van der Waals surface area contributed by atoms with Crippen LogP contribution in [0.15, 0.2) is 0 Å². The predicted octanol–water partition coefficient (Wildman–Crippen LogP) is -0.589. The van der Waals surface area contributed by atoms with Crippen LogP contribution in [0, 0.1) is 0 Å². The molecule has 1 heterocycles. The second-order valence-electron chi connectivity index (χ2n) is 3.12. The van der Waals surface area contributed by atoms with Gasteiger partial charge >= 0.3 is 5.97 Å². The summed E-state index contributed by atoms with van der Waals surface area (Å²) in [5.41, 5.74) is 5.27. The van der Waals surface area contributed by atoms with E-state index in [1.165, 1.54) is 4.90 Å². The Morgan fingerprint density at radius 2 is 2.38 bits per heavy atom. The van der Waals surface area contributed by atoms with E-state index >= 15 is 0 Å². The lowest BCUT2D eigenvalue weighted by molar-refractivity contribution is -0.156. The van der Waals surface area contributed by atoms with E-state index in [0.29, 0.717) is 32.4 Å². The number of amides is 1. The largest absolute Gasteiger partial charge is 0.480 e. The van der Waals surface area contributed by atoms with Gasteiger partial charge in [-0.1, -0.05) is 0 Å². The fourth-order valence-electron chi connectivity index (χ4n) is 1.39. The van der Waals surface area contributed by atoms with Gasteiger partial charge in [-0.3, -0.25) is 4.79 Å². The van der Waals surface area contributed by atoms with Crippen molar-refractivity contribution in [3.63, 3.8) is 0 Å². The van der Waals surface area contributed by atoms with Crippen LogP contribution in [-0.2, 0) is 9.59 Å². The summed E-state index contributed by atoms with van der Waals surface area (Å²) < 4.78 is 0. The van der Waals surface area contributed by atoms with Gasteiger partial charge in [-0.15, -0.1) is 0 Å². The lowest BCUT2D eigenvalue weighted by Gasteiger charge is -2.35. The number of carboxylic acids is 1. The molecular formula is C8H14N2O3. The van der Waals surface area contributed by atoms with Crippen LogP contribution in [0.5, 0.6) is 0 Å². The van der Waals surface area contributed by atoms with Crippen LogP contribution in [0.25, 0.3) is 0 Å². The van der Waals surface area contributed by atoms with Crippen LogP contribution in [0.2, 0.25) is 0 Å². The van der Waals surface area contributed by atoms with Crippen LogP contribution in [0.4, 0.5) is 0 Å². The zero-order chi connectivity index (χ0) is 9.84. The van der Waals surface area contributed by atoms with Gasteiger partial charge in [0.15, 0.2) is 0 Å². The molecule has 3 N–H and O–H groups in total. The van der Waals surface area contributed by atoms with E-state index in [9.17, 15) is 9.59 Å². The van der Waals surface area contributed by atoms with Crippen LogP contribution in [0.1, 0.15) is 19.3 Å². The number of hydrogen-bond acceptors (Lipinski definition) is 3. The summed E-state index contributed by atoms with van der Waals surface area (Å²) in [7, 11) is 0. The van der Waals surface area contributed by atoms with Crippen LogP contribution < -0.4 is 5.73 Å². The Hall–Kier alpha value is -1.10. The van der Waals surface area contributed by atoms with Gasteiger partial charge in [0.2, 0.25) is 5.91 Å². The molecule has 0 aromatic carbocycles. The number of likely N-dealkylation sites (tertiary alicyclic amines) is 1. The molecule has 0 unspecified atom stereocenters. The second-order valence-corrected chi connectivity index (χ2v) is 3.12. The number of carbonyl (C=O) groups excluding carboxylic acids is 1. The predicted molar refractivity (Wildman–Crippen MR) is 46.0 cm³/mol. The van der Waals surface area contributed by atoms with Gasteiger partial charge in [-0.2, -0.15) is 0 Å². The summed E-state index contributed by atoms with van der Waals surface area (Å²) in [4.78, 5) is 23.1. The lowest BCUT2D eigenvalue weighted by Crippen LogP contribution is -2.53. The Morgan fingerprint density at radius 3 is 2.69 bits per heavy atom. The van der Waals surface area contributed by atoms with Gasteiger partial charge < -0.3 is 15.7 Å². The molecule has 1 rings (SSSR count). The number of rotatable bonds is 5. The van der Waals surface area contributed by atoms with Gasteiger partial charge in [0.1, 0.15) is 6.04 Å². The standard InChI is InChI=1S/C8H14N2O3/c9-4-1-2-6(8(12)13)10-5-3-7(10)11/h6H,1-5,9H2,(H,12,13)/t6-/m0/s1. The minimum absolute atomic E-state index is 0.0654. The molecule has 13 heavy (non-hydrogen) atoms. The third-order valence-corrected chi connectivity index (χ3v) is 2.23. The smallest absolute Gasteiger partial charge is 0.326 e. The Bertz CT molecular complexity index is 217. The minimum Gasteiger partial charge on any atom is -0.480 e. The second kappa shape index (κ2) is 4.23. The molecule has 0 saturated carbocycles. The van der Waals surface area contributed by atoms with Crippen molar-refractivity contribution in [3.05, 3.63) is 0 Å². The molecule has 0 spiro atoms. The maximum atomic E-state index is 11.0. The highest BCUT2D eigenvalue weighted by atomic mass is 16.4. The van der Waals surface area contributed by atoms with E-state index < -0.39 is 12.0 Å². The molecule has 1 atom stereocenters. The van der Waals surface area contributed by atoms with Crippen molar-refractivity contribution in [2.75, 3.05) is 13.1 Å². The highest BCUT2D eigenvalue weighted by molar-refractivity contribution is 5.87. The topological polar surface area (TPSA) is 83.6 Å². The van der Waals surface area contributed by atoms with E-state index in [0.717, 1.165) is 0 Å². The van der Waals surface area contributed by atoms with E-state index in [-0.39, 0.29) is 5.91 Å². The molecule has 5 heteroatoms. The fourth-order valence-corrected chi connectivity index (χ4v) is 1.39. The maximum absolute atomic E-state index is 11.0. The molecule has 0 aromatic rings. The molecule has 74 valence electrons. The first-order valence-electron chi connectivity index (χ1n) is 4.39. The van der Waals surface area contributed by atoms with Gasteiger partial charge in [0.25, 0.3) is 0 Å². The minimum atomic E-state index is -0.929.